The van der Waals surface area contributed by atoms with Gasteiger partial charge in [0.15, 0.2) is 5.11 Å². The summed E-state index contributed by atoms with van der Waals surface area (Å²) in [6.45, 7) is -0.177. The van der Waals surface area contributed by atoms with Crippen LogP contribution in [0.5, 0.6) is 0 Å². The highest BCUT2D eigenvalue weighted by atomic mass is 35.5. The molecule has 0 fully saturated rings. The van der Waals surface area contributed by atoms with Gasteiger partial charge in [-0.3, -0.25) is 10.1 Å². The number of furan rings is 1. The fourth-order valence-corrected chi connectivity index (χ4v) is 3.42. The van der Waals surface area contributed by atoms with Gasteiger partial charge in [0.1, 0.15) is 18.1 Å². The molecule has 5 nitrogen and oxygen atoms in total. The largest absolute Gasteiger partial charge is 0.459 e. The highest BCUT2D eigenvalue weighted by Crippen LogP contribution is 2.30. The Balaban J connectivity index is 1.48. The normalized spacial score (nSPS) is 10.7. The molecule has 0 saturated heterocycles. The number of rotatable bonds is 4. The van der Waals surface area contributed by atoms with Gasteiger partial charge in [0.25, 0.3) is 5.91 Å². The van der Waals surface area contributed by atoms with E-state index in [0.717, 1.165) is 16.3 Å². The van der Waals surface area contributed by atoms with Crippen molar-refractivity contribution in [3.63, 3.8) is 0 Å². The number of carbonyl (C=O) groups is 1. The molecule has 0 unspecified atom stereocenters. The van der Waals surface area contributed by atoms with Gasteiger partial charge in [-0.1, -0.05) is 41.9 Å². The van der Waals surface area contributed by atoms with Gasteiger partial charge in [0, 0.05) is 11.1 Å². The lowest BCUT2D eigenvalue weighted by atomic mass is 10.1. The van der Waals surface area contributed by atoms with E-state index in [4.69, 9.17) is 33.3 Å². The van der Waals surface area contributed by atoms with Crippen LogP contribution in [0.4, 0.5) is 5.69 Å². The first-order valence-electron chi connectivity index (χ1n) is 9.14. The number of anilines is 1. The minimum absolute atomic E-state index is 0.128. The maximum Gasteiger partial charge on any atom is 0.257 e. The van der Waals surface area contributed by atoms with E-state index >= 15 is 0 Å². The van der Waals surface area contributed by atoms with Crippen LogP contribution in [0, 0.1) is 0 Å². The molecule has 1 heterocycles. The average Bonchev–Trinajstić information content (AvgIpc) is 3.24. The zero-order chi connectivity index (χ0) is 21.1. The molecule has 1 aromatic heterocycles. The predicted octanol–water partition coefficient (Wildman–Crippen LogP) is 5.37. The van der Waals surface area contributed by atoms with Crippen molar-refractivity contribution in [2.45, 2.75) is 6.61 Å². The Morgan fingerprint density at radius 2 is 1.80 bits per heavy atom. The maximum absolute atomic E-state index is 12.6. The third-order valence-electron chi connectivity index (χ3n) is 4.56. The fraction of sp³-hybridized carbons (Fsp3) is 0.0435. The molecule has 1 amide bonds. The van der Waals surface area contributed by atoms with Crippen molar-refractivity contribution >= 4 is 51.3 Å². The zero-order valence-corrected chi connectivity index (χ0v) is 17.3. The Kier molecular flexibility index (Phi) is 5.81. The first kappa shape index (κ1) is 20.1. The first-order chi connectivity index (χ1) is 14.5. The SMILES string of the molecule is O=C(NC(=S)Nc1cc(-c2ccc(CO)o2)ccc1Cl)c1ccc2ccccc2c1. The molecule has 0 spiro atoms. The van der Waals surface area contributed by atoms with Crippen molar-refractivity contribution in [3.05, 3.63) is 89.1 Å². The van der Waals surface area contributed by atoms with Crippen LogP contribution >= 0.6 is 23.8 Å². The average molecular weight is 437 g/mol. The highest BCUT2D eigenvalue weighted by Gasteiger charge is 2.12. The number of hydrogen-bond acceptors (Lipinski definition) is 4. The summed E-state index contributed by atoms with van der Waals surface area (Å²) in [7, 11) is 0. The van der Waals surface area contributed by atoms with Crippen LogP contribution in [0.1, 0.15) is 16.1 Å². The van der Waals surface area contributed by atoms with Crippen LogP contribution in [0.25, 0.3) is 22.1 Å². The summed E-state index contributed by atoms with van der Waals surface area (Å²) in [5.74, 6) is 0.738. The molecule has 7 heteroatoms. The maximum atomic E-state index is 12.6. The molecular weight excluding hydrogens is 420 g/mol. The van der Waals surface area contributed by atoms with Crippen molar-refractivity contribution in [1.82, 2.24) is 5.32 Å². The summed E-state index contributed by atoms with van der Waals surface area (Å²) in [6, 6.07) is 22.0. The number of halogens is 1. The molecule has 0 bridgehead atoms. The molecule has 0 radical (unpaired) electrons. The molecule has 0 aliphatic heterocycles. The Morgan fingerprint density at radius 3 is 2.57 bits per heavy atom. The highest BCUT2D eigenvalue weighted by molar-refractivity contribution is 7.80. The number of amides is 1. The molecule has 3 N–H and O–H groups in total. The van der Waals surface area contributed by atoms with E-state index < -0.39 is 0 Å². The van der Waals surface area contributed by atoms with Crippen LogP contribution < -0.4 is 10.6 Å². The molecule has 30 heavy (non-hydrogen) atoms. The van der Waals surface area contributed by atoms with E-state index in [-0.39, 0.29) is 17.6 Å². The summed E-state index contributed by atoms with van der Waals surface area (Å²) >= 11 is 11.6. The number of aliphatic hydroxyl groups is 1. The number of thiocarbonyl (C=S) groups is 1. The van der Waals surface area contributed by atoms with Crippen molar-refractivity contribution in [3.8, 4) is 11.3 Å². The zero-order valence-electron chi connectivity index (χ0n) is 15.7. The van der Waals surface area contributed by atoms with E-state index in [0.29, 0.717) is 27.8 Å². The van der Waals surface area contributed by atoms with Crippen LogP contribution in [-0.4, -0.2) is 16.1 Å². The van der Waals surface area contributed by atoms with E-state index in [1.807, 2.05) is 36.4 Å². The van der Waals surface area contributed by atoms with E-state index in [9.17, 15) is 4.79 Å². The van der Waals surface area contributed by atoms with E-state index in [2.05, 4.69) is 10.6 Å². The molecule has 0 atom stereocenters. The number of fused-ring (bicyclic) bond motifs is 1. The number of carbonyl (C=O) groups excluding carboxylic acids is 1. The summed E-state index contributed by atoms with van der Waals surface area (Å²) in [6.07, 6.45) is 0. The first-order valence-corrected chi connectivity index (χ1v) is 9.93. The van der Waals surface area contributed by atoms with Crippen molar-refractivity contribution in [2.75, 3.05) is 5.32 Å². The molecule has 4 aromatic rings. The van der Waals surface area contributed by atoms with Crippen LogP contribution in [0.2, 0.25) is 5.02 Å². The van der Waals surface area contributed by atoms with Crippen LogP contribution in [0.3, 0.4) is 0 Å². The number of hydrogen-bond donors (Lipinski definition) is 3. The Hall–Kier alpha value is -3.19. The molecule has 0 aliphatic rings. The van der Waals surface area contributed by atoms with Gasteiger partial charge in [0.2, 0.25) is 0 Å². The molecular formula is C23H17ClN2O3S. The topological polar surface area (TPSA) is 74.5 Å². The van der Waals surface area contributed by atoms with Gasteiger partial charge < -0.3 is 14.8 Å². The monoisotopic (exact) mass is 436 g/mol. The molecule has 4 rings (SSSR count). The predicted molar refractivity (Wildman–Crippen MR) is 123 cm³/mol. The summed E-state index contributed by atoms with van der Waals surface area (Å²) in [5, 5.41) is 17.4. The van der Waals surface area contributed by atoms with Gasteiger partial charge in [-0.05, 0) is 65.5 Å². The third kappa shape index (κ3) is 4.36. The number of aliphatic hydroxyl groups excluding tert-OH is 1. The molecule has 150 valence electrons. The number of nitrogens with one attached hydrogen (secondary N) is 2. The Morgan fingerprint density at radius 1 is 1.00 bits per heavy atom. The summed E-state index contributed by atoms with van der Waals surface area (Å²) in [5.41, 5.74) is 1.79. The lowest BCUT2D eigenvalue weighted by Crippen LogP contribution is -2.34. The molecule has 3 aromatic carbocycles. The van der Waals surface area contributed by atoms with E-state index in [1.54, 1.807) is 36.4 Å². The van der Waals surface area contributed by atoms with Crippen LogP contribution in [-0.2, 0) is 6.61 Å². The smallest absolute Gasteiger partial charge is 0.257 e. The third-order valence-corrected chi connectivity index (χ3v) is 5.09. The van der Waals surface area contributed by atoms with Gasteiger partial charge >= 0.3 is 0 Å². The van der Waals surface area contributed by atoms with Gasteiger partial charge in [-0.2, -0.15) is 0 Å². The fourth-order valence-electron chi connectivity index (χ4n) is 3.05. The summed E-state index contributed by atoms with van der Waals surface area (Å²) < 4.78 is 5.55. The second-order valence-electron chi connectivity index (χ2n) is 6.59. The van der Waals surface area contributed by atoms with Gasteiger partial charge in [-0.15, -0.1) is 0 Å². The van der Waals surface area contributed by atoms with Gasteiger partial charge in [0.05, 0.1) is 10.7 Å². The molecule has 0 aliphatic carbocycles. The van der Waals surface area contributed by atoms with Crippen molar-refractivity contribution in [1.29, 1.82) is 0 Å². The molecule has 0 saturated carbocycles. The second kappa shape index (κ2) is 8.67. The van der Waals surface area contributed by atoms with E-state index in [1.165, 1.54) is 0 Å². The summed E-state index contributed by atoms with van der Waals surface area (Å²) in [4.78, 5) is 12.6. The Bertz CT molecular complexity index is 1250. The van der Waals surface area contributed by atoms with Crippen molar-refractivity contribution < 1.29 is 14.3 Å². The lowest BCUT2D eigenvalue weighted by molar-refractivity contribution is 0.0978. The Labute approximate surface area is 183 Å². The quantitative estimate of drug-likeness (QED) is 0.375. The second-order valence-corrected chi connectivity index (χ2v) is 7.40. The minimum Gasteiger partial charge on any atom is -0.459 e. The number of benzene rings is 3. The lowest BCUT2D eigenvalue weighted by Gasteiger charge is -2.12. The van der Waals surface area contributed by atoms with Crippen molar-refractivity contribution in [2.24, 2.45) is 0 Å². The van der Waals surface area contributed by atoms with Crippen LogP contribution in [0.15, 0.2) is 77.2 Å². The van der Waals surface area contributed by atoms with Gasteiger partial charge in [-0.25, -0.2) is 0 Å². The minimum atomic E-state index is -0.316. The standard InChI is InChI=1S/C23H17ClN2O3S/c24-19-9-7-16(21-10-8-18(13-27)29-21)12-20(19)25-23(30)26-22(28)17-6-5-14-3-1-2-4-15(14)11-17/h1-12,27H,13H2,(H2,25,26,28,30).